The zero-order valence-electron chi connectivity index (χ0n) is 20.5. The van der Waals surface area contributed by atoms with E-state index in [-0.39, 0.29) is 43.7 Å². The molecule has 9 heteroatoms. The van der Waals surface area contributed by atoms with Crippen molar-refractivity contribution in [1.82, 2.24) is 15.2 Å². The Balaban J connectivity index is 2.25. The Morgan fingerprint density at radius 1 is 1.03 bits per heavy atom. The van der Waals surface area contributed by atoms with Crippen LogP contribution >= 0.6 is 0 Å². The normalized spacial score (nSPS) is 11.9. The molecule has 0 aliphatic carbocycles. The van der Waals surface area contributed by atoms with Crippen LogP contribution < -0.4 is 15.4 Å². The molecule has 0 bridgehead atoms. The number of hydrogen-bond donors (Lipinski definition) is 2. The number of rotatable bonds is 11. The first-order valence-electron chi connectivity index (χ1n) is 11.1. The molecule has 0 aliphatic rings. The number of carbonyl (C=O) groups is 3. The summed E-state index contributed by atoms with van der Waals surface area (Å²) in [5, 5.41) is 5.63. The van der Waals surface area contributed by atoms with Gasteiger partial charge in [-0.2, -0.15) is 0 Å². The third-order valence-electron chi connectivity index (χ3n) is 4.84. The van der Waals surface area contributed by atoms with Crippen molar-refractivity contribution in [2.24, 2.45) is 0 Å². The maximum Gasteiger partial charge on any atom is 0.247 e. The van der Waals surface area contributed by atoms with Gasteiger partial charge in [0, 0.05) is 38.2 Å². The Morgan fingerprint density at radius 2 is 1.74 bits per heavy atom. The Hall–Kier alpha value is -3.46. The van der Waals surface area contributed by atoms with E-state index in [1.165, 1.54) is 12.0 Å². The number of amides is 3. The summed E-state index contributed by atoms with van der Waals surface area (Å²) in [6, 6.07) is 11.3. The molecule has 0 fully saturated rings. The Kier molecular flexibility index (Phi) is 10.0. The molecule has 0 unspecified atom stereocenters. The molecule has 0 saturated carbocycles. The molecule has 1 atom stereocenters. The summed E-state index contributed by atoms with van der Waals surface area (Å²) in [6.45, 7) is 6.05. The minimum Gasteiger partial charge on any atom is -0.497 e. The number of anilines is 1. The molecule has 2 N–H and O–H groups in total. The second-order valence-electron chi connectivity index (χ2n) is 8.76. The molecule has 1 aromatic carbocycles. The van der Waals surface area contributed by atoms with Crippen LogP contribution in [0, 0.1) is 0 Å². The van der Waals surface area contributed by atoms with Crippen LogP contribution in [0.5, 0.6) is 5.75 Å². The zero-order valence-corrected chi connectivity index (χ0v) is 20.5. The predicted octanol–water partition coefficient (Wildman–Crippen LogP) is 2.94. The molecule has 0 spiro atoms. The van der Waals surface area contributed by atoms with Gasteiger partial charge in [0.1, 0.15) is 17.6 Å². The standard InChI is InChI=1S/C25H34N4O5/c1-25(2,3)28-24(32)23(18-9-11-19(34-5)12-10-18)29(16-17-33-4)22(31)14-13-21(30)27-20-8-6-7-15-26-20/h6-12,15,23H,13-14,16-17H2,1-5H3,(H,28,32)(H,26,27,30)/t23-/m1/s1. The summed E-state index contributed by atoms with van der Waals surface area (Å²) >= 11 is 0. The van der Waals surface area contributed by atoms with Gasteiger partial charge >= 0.3 is 0 Å². The third kappa shape index (κ3) is 8.47. The molecular weight excluding hydrogens is 436 g/mol. The summed E-state index contributed by atoms with van der Waals surface area (Å²) in [4.78, 5) is 44.5. The van der Waals surface area contributed by atoms with Crippen LogP contribution in [0.4, 0.5) is 5.82 Å². The van der Waals surface area contributed by atoms with Gasteiger partial charge in [0.05, 0.1) is 13.7 Å². The lowest BCUT2D eigenvalue weighted by molar-refractivity contribution is -0.142. The number of aromatic nitrogens is 1. The van der Waals surface area contributed by atoms with Crippen molar-refractivity contribution in [1.29, 1.82) is 0 Å². The average molecular weight is 471 g/mol. The maximum atomic E-state index is 13.3. The number of carbonyl (C=O) groups excluding carboxylic acids is 3. The largest absolute Gasteiger partial charge is 0.497 e. The van der Waals surface area contributed by atoms with E-state index < -0.39 is 11.6 Å². The highest BCUT2D eigenvalue weighted by Crippen LogP contribution is 2.25. The van der Waals surface area contributed by atoms with Crippen LogP contribution in [0.1, 0.15) is 45.2 Å². The van der Waals surface area contributed by atoms with Crippen LogP contribution in [0.3, 0.4) is 0 Å². The van der Waals surface area contributed by atoms with E-state index >= 15 is 0 Å². The molecular formula is C25H34N4O5. The number of pyridine rings is 1. The summed E-state index contributed by atoms with van der Waals surface area (Å²) in [6.07, 6.45) is 1.45. The Morgan fingerprint density at radius 3 is 2.29 bits per heavy atom. The van der Waals surface area contributed by atoms with Crippen molar-refractivity contribution >= 4 is 23.5 Å². The molecule has 0 aliphatic heterocycles. The highest BCUT2D eigenvalue weighted by Gasteiger charge is 2.33. The van der Waals surface area contributed by atoms with Crippen molar-refractivity contribution in [3.63, 3.8) is 0 Å². The second-order valence-corrected chi connectivity index (χ2v) is 8.76. The van der Waals surface area contributed by atoms with Gasteiger partial charge in [-0.1, -0.05) is 18.2 Å². The van der Waals surface area contributed by atoms with Gasteiger partial charge in [0.25, 0.3) is 0 Å². The van der Waals surface area contributed by atoms with Gasteiger partial charge < -0.3 is 25.0 Å². The van der Waals surface area contributed by atoms with Gasteiger partial charge in [0.2, 0.25) is 17.7 Å². The third-order valence-corrected chi connectivity index (χ3v) is 4.84. The van der Waals surface area contributed by atoms with Gasteiger partial charge in [-0.15, -0.1) is 0 Å². The summed E-state index contributed by atoms with van der Waals surface area (Å²) in [5.41, 5.74) is 0.130. The Bertz CT molecular complexity index is 942. The summed E-state index contributed by atoms with van der Waals surface area (Å²) in [5.74, 6) is 0.0635. The van der Waals surface area contributed by atoms with Crippen molar-refractivity contribution in [2.75, 3.05) is 32.7 Å². The molecule has 34 heavy (non-hydrogen) atoms. The maximum absolute atomic E-state index is 13.3. The lowest BCUT2D eigenvalue weighted by Gasteiger charge is -2.33. The molecule has 0 saturated heterocycles. The SMILES string of the molecule is COCCN(C(=O)CCC(=O)Nc1ccccn1)[C@@H](C(=O)NC(C)(C)C)c1ccc(OC)cc1. The van der Waals surface area contributed by atoms with E-state index in [4.69, 9.17) is 9.47 Å². The number of benzene rings is 1. The van der Waals surface area contributed by atoms with Crippen LogP contribution in [0.2, 0.25) is 0 Å². The molecule has 3 amide bonds. The average Bonchev–Trinajstić information content (AvgIpc) is 2.79. The van der Waals surface area contributed by atoms with Crippen molar-refractivity contribution in [3.05, 3.63) is 54.2 Å². The first-order valence-corrected chi connectivity index (χ1v) is 11.1. The minimum absolute atomic E-state index is 0.0465. The van der Waals surface area contributed by atoms with Crippen LogP contribution in [-0.4, -0.2) is 60.5 Å². The van der Waals surface area contributed by atoms with E-state index in [9.17, 15) is 14.4 Å². The molecule has 1 heterocycles. The first kappa shape index (κ1) is 26.8. The molecule has 9 nitrogen and oxygen atoms in total. The number of ether oxygens (including phenoxy) is 2. The lowest BCUT2D eigenvalue weighted by atomic mass is 10.0. The lowest BCUT2D eigenvalue weighted by Crippen LogP contribution is -2.50. The number of nitrogens with zero attached hydrogens (tertiary/aromatic N) is 2. The fraction of sp³-hybridized carbons (Fsp3) is 0.440. The van der Waals surface area contributed by atoms with Crippen LogP contribution in [0.25, 0.3) is 0 Å². The quantitative estimate of drug-likeness (QED) is 0.523. The van der Waals surface area contributed by atoms with Gasteiger partial charge in [0.15, 0.2) is 0 Å². The van der Waals surface area contributed by atoms with Gasteiger partial charge in [-0.3, -0.25) is 14.4 Å². The molecule has 2 rings (SSSR count). The first-order chi connectivity index (χ1) is 16.1. The molecule has 0 radical (unpaired) electrons. The Labute approximate surface area is 200 Å². The monoisotopic (exact) mass is 470 g/mol. The fourth-order valence-electron chi connectivity index (χ4n) is 3.29. The van der Waals surface area contributed by atoms with E-state index in [0.717, 1.165) is 0 Å². The highest BCUT2D eigenvalue weighted by atomic mass is 16.5. The van der Waals surface area contributed by atoms with E-state index in [0.29, 0.717) is 17.1 Å². The number of methoxy groups -OCH3 is 2. The molecule has 2 aromatic rings. The molecule has 1 aromatic heterocycles. The van der Waals surface area contributed by atoms with Gasteiger partial charge in [-0.25, -0.2) is 4.98 Å². The van der Waals surface area contributed by atoms with Crippen LogP contribution in [0.15, 0.2) is 48.7 Å². The fourth-order valence-corrected chi connectivity index (χ4v) is 3.29. The topological polar surface area (TPSA) is 110 Å². The number of nitrogens with one attached hydrogen (secondary N) is 2. The zero-order chi connectivity index (χ0) is 25.1. The van der Waals surface area contributed by atoms with Crippen molar-refractivity contribution in [2.45, 2.75) is 45.2 Å². The number of hydrogen-bond acceptors (Lipinski definition) is 6. The molecule has 184 valence electrons. The van der Waals surface area contributed by atoms with Gasteiger partial charge in [-0.05, 0) is 50.6 Å². The second kappa shape index (κ2) is 12.7. The van der Waals surface area contributed by atoms with Crippen molar-refractivity contribution < 1.29 is 23.9 Å². The van der Waals surface area contributed by atoms with E-state index in [2.05, 4.69) is 15.6 Å². The predicted molar refractivity (Wildman–Crippen MR) is 129 cm³/mol. The summed E-state index contributed by atoms with van der Waals surface area (Å²) in [7, 11) is 3.09. The smallest absolute Gasteiger partial charge is 0.247 e. The minimum atomic E-state index is -0.897. The summed E-state index contributed by atoms with van der Waals surface area (Å²) < 4.78 is 10.4. The van der Waals surface area contributed by atoms with Crippen molar-refractivity contribution in [3.8, 4) is 5.75 Å². The highest BCUT2D eigenvalue weighted by molar-refractivity contribution is 5.94. The van der Waals surface area contributed by atoms with E-state index in [1.807, 2.05) is 20.8 Å². The van der Waals surface area contributed by atoms with Crippen LogP contribution in [-0.2, 0) is 19.1 Å². The van der Waals surface area contributed by atoms with E-state index in [1.54, 1.807) is 55.8 Å².